The molecular weight excluding hydrogens is 252 g/mol. The maximum absolute atomic E-state index is 6.04. The first-order valence-corrected chi connectivity index (χ1v) is 7.69. The fraction of sp³-hybridized carbons (Fsp3) is 0.615. The molecule has 94 valence electrons. The Morgan fingerprint density at radius 1 is 1.41 bits per heavy atom. The van der Waals surface area contributed by atoms with Crippen LogP contribution in [0.15, 0.2) is 23.4 Å². The van der Waals surface area contributed by atoms with E-state index in [1.54, 1.807) is 18.0 Å². The summed E-state index contributed by atoms with van der Waals surface area (Å²) in [5, 5.41) is 5.33. The normalized spacial score (nSPS) is 16.5. The number of hydrogen-bond acceptors (Lipinski definition) is 3. The first-order chi connectivity index (χ1) is 8.36. The molecule has 1 aromatic heterocycles. The van der Waals surface area contributed by atoms with Crippen LogP contribution in [-0.4, -0.2) is 23.3 Å². The lowest BCUT2D eigenvalue weighted by atomic mass is 10.2. The van der Waals surface area contributed by atoms with Crippen LogP contribution in [0, 0.1) is 0 Å². The lowest BCUT2D eigenvalue weighted by Gasteiger charge is -2.11. The maximum Gasteiger partial charge on any atom is 0.115 e. The maximum atomic E-state index is 6.04. The first-order valence-electron chi connectivity index (χ1n) is 6.33. The summed E-state index contributed by atoms with van der Waals surface area (Å²) in [6, 6.07) is 4.54. The van der Waals surface area contributed by atoms with Crippen molar-refractivity contribution in [2.24, 2.45) is 0 Å². The highest BCUT2D eigenvalue weighted by atomic mass is 35.5. The van der Waals surface area contributed by atoms with Gasteiger partial charge in [0, 0.05) is 18.0 Å². The molecule has 1 aliphatic rings. The van der Waals surface area contributed by atoms with E-state index in [2.05, 4.69) is 10.3 Å². The van der Waals surface area contributed by atoms with Crippen molar-refractivity contribution in [1.29, 1.82) is 0 Å². The number of halogens is 1. The molecule has 2 rings (SSSR count). The molecule has 1 saturated carbocycles. The van der Waals surface area contributed by atoms with Crippen LogP contribution in [0.4, 0.5) is 0 Å². The van der Waals surface area contributed by atoms with Crippen molar-refractivity contribution in [2.75, 3.05) is 12.3 Å². The molecule has 1 heterocycles. The lowest BCUT2D eigenvalue weighted by molar-refractivity contribution is 0.524. The van der Waals surface area contributed by atoms with Gasteiger partial charge in [-0.05, 0) is 37.9 Å². The molecule has 0 unspecified atom stereocenters. The van der Waals surface area contributed by atoms with Crippen LogP contribution in [0.3, 0.4) is 0 Å². The van der Waals surface area contributed by atoms with Gasteiger partial charge in [0.25, 0.3) is 0 Å². The zero-order valence-electron chi connectivity index (χ0n) is 9.99. The Kier molecular flexibility index (Phi) is 5.62. The number of aromatic nitrogens is 1. The summed E-state index contributed by atoms with van der Waals surface area (Å²) in [6.45, 7) is 1.11. The molecule has 17 heavy (non-hydrogen) atoms. The van der Waals surface area contributed by atoms with Crippen molar-refractivity contribution < 1.29 is 0 Å². The van der Waals surface area contributed by atoms with E-state index in [9.17, 15) is 0 Å². The van der Waals surface area contributed by atoms with E-state index in [0.717, 1.165) is 28.4 Å². The summed E-state index contributed by atoms with van der Waals surface area (Å²) in [5.74, 6) is 1.08. The molecule has 0 spiro atoms. The quantitative estimate of drug-likeness (QED) is 0.630. The average Bonchev–Trinajstić information content (AvgIpc) is 2.84. The number of pyridine rings is 1. The molecule has 4 heteroatoms. The highest BCUT2D eigenvalue weighted by Gasteiger charge is 2.13. The van der Waals surface area contributed by atoms with Gasteiger partial charge in [-0.3, -0.25) is 0 Å². The molecule has 1 fully saturated rings. The lowest BCUT2D eigenvalue weighted by Crippen LogP contribution is -2.27. The topological polar surface area (TPSA) is 24.9 Å². The standard InChI is InChI=1S/C13H19ClN2S/c14-12-7-3-8-16-13(12)17-10-4-9-15-11-5-1-2-6-11/h3,7-8,11,15H,1-2,4-6,9-10H2. The fourth-order valence-electron chi connectivity index (χ4n) is 2.15. The summed E-state index contributed by atoms with van der Waals surface area (Å²) in [4.78, 5) is 4.26. The van der Waals surface area contributed by atoms with Crippen LogP contribution in [-0.2, 0) is 0 Å². The minimum absolute atomic E-state index is 0.765. The highest BCUT2D eigenvalue weighted by Crippen LogP contribution is 2.24. The van der Waals surface area contributed by atoms with Crippen molar-refractivity contribution in [2.45, 2.75) is 43.2 Å². The molecule has 1 aliphatic carbocycles. The molecule has 0 amide bonds. The fourth-order valence-corrected chi connectivity index (χ4v) is 3.26. The van der Waals surface area contributed by atoms with Gasteiger partial charge in [0.15, 0.2) is 0 Å². The van der Waals surface area contributed by atoms with Crippen LogP contribution in [0.25, 0.3) is 0 Å². The minimum Gasteiger partial charge on any atom is -0.314 e. The van der Waals surface area contributed by atoms with Gasteiger partial charge in [0.1, 0.15) is 5.03 Å². The monoisotopic (exact) mass is 270 g/mol. The smallest absolute Gasteiger partial charge is 0.115 e. The zero-order chi connectivity index (χ0) is 11.9. The number of thioether (sulfide) groups is 1. The molecule has 0 atom stereocenters. The number of nitrogens with one attached hydrogen (secondary N) is 1. The molecule has 0 radical (unpaired) electrons. The molecule has 2 nitrogen and oxygen atoms in total. The molecule has 1 aromatic rings. The van der Waals surface area contributed by atoms with E-state index in [0.29, 0.717) is 0 Å². The summed E-state index contributed by atoms with van der Waals surface area (Å²) in [5.41, 5.74) is 0. The Morgan fingerprint density at radius 2 is 2.24 bits per heavy atom. The van der Waals surface area contributed by atoms with Crippen molar-refractivity contribution in [1.82, 2.24) is 10.3 Å². The van der Waals surface area contributed by atoms with Gasteiger partial charge in [0.05, 0.1) is 5.02 Å². The van der Waals surface area contributed by atoms with Gasteiger partial charge < -0.3 is 5.32 Å². The van der Waals surface area contributed by atoms with E-state index in [1.165, 1.54) is 32.1 Å². The van der Waals surface area contributed by atoms with Crippen LogP contribution in [0.1, 0.15) is 32.1 Å². The Balaban J connectivity index is 1.58. The van der Waals surface area contributed by atoms with Crippen molar-refractivity contribution in [3.05, 3.63) is 23.4 Å². The van der Waals surface area contributed by atoms with Gasteiger partial charge in [-0.1, -0.05) is 24.4 Å². The number of nitrogens with zero attached hydrogens (tertiary/aromatic N) is 1. The largest absolute Gasteiger partial charge is 0.314 e. The molecular formula is C13H19ClN2S. The summed E-state index contributed by atoms with van der Waals surface area (Å²) in [6.07, 6.45) is 8.49. The average molecular weight is 271 g/mol. The van der Waals surface area contributed by atoms with Gasteiger partial charge >= 0.3 is 0 Å². The van der Waals surface area contributed by atoms with E-state index in [4.69, 9.17) is 11.6 Å². The molecule has 0 bridgehead atoms. The van der Waals surface area contributed by atoms with Gasteiger partial charge in [-0.25, -0.2) is 4.98 Å². The number of rotatable bonds is 6. The van der Waals surface area contributed by atoms with E-state index in [-0.39, 0.29) is 0 Å². The zero-order valence-corrected chi connectivity index (χ0v) is 11.6. The predicted molar refractivity (Wildman–Crippen MR) is 74.8 cm³/mol. The first kappa shape index (κ1) is 13.2. The Bertz CT molecular complexity index is 340. The summed E-state index contributed by atoms with van der Waals surface area (Å²) >= 11 is 7.79. The summed E-state index contributed by atoms with van der Waals surface area (Å²) < 4.78 is 0. The van der Waals surface area contributed by atoms with Gasteiger partial charge in [-0.2, -0.15) is 0 Å². The highest BCUT2D eigenvalue weighted by molar-refractivity contribution is 7.99. The van der Waals surface area contributed by atoms with Crippen molar-refractivity contribution in [3.8, 4) is 0 Å². The van der Waals surface area contributed by atoms with Gasteiger partial charge in [0.2, 0.25) is 0 Å². The molecule has 0 aliphatic heterocycles. The Hall–Kier alpha value is -0.250. The van der Waals surface area contributed by atoms with E-state index >= 15 is 0 Å². The minimum atomic E-state index is 0.765. The second-order valence-electron chi connectivity index (χ2n) is 4.43. The van der Waals surface area contributed by atoms with Crippen LogP contribution < -0.4 is 5.32 Å². The second-order valence-corrected chi connectivity index (χ2v) is 5.92. The molecule has 1 N–H and O–H groups in total. The Morgan fingerprint density at radius 3 is 3.00 bits per heavy atom. The SMILES string of the molecule is Clc1cccnc1SCCCNC1CCCC1. The molecule has 0 aromatic carbocycles. The van der Waals surface area contributed by atoms with Crippen molar-refractivity contribution in [3.63, 3.8) is 0 Å². The third-order valence-electron chi connectivity index (χ3n) is 3.07. The third kappa shape index (κ3) is 4.49. The van der Waals surface area contributed by atoms with Crippen LogP contribution in [0.5, 0.6) is 0 Å². The van der Waals surface area contributed by atoms with Crippen LogP contribution >= 0.6 is 23.4 Å². The number of hydrogen-bond donors (Lipinski definition) is 1. The van der Waals surface area contributed by atoms with E-state index < -0.39 is 0 Å². The third-order valence-corrected chi connectivity index (χ3v) is 4.58. The Labute approximate surface area is 113 Å². The van der Waals surface area contributed by atoms with Crippen LogP contribution in [0.2, 0.25) is 5.02 Å². The van der Waals surface area contributed by atoms with E-state index in [1.807, 2.05) is 12.1 Å². The molecule has 0 saturated heterocycles. The predicted octanol–water partition coefficient (Wildman–Crippen LogP) is 3.75. The second kappa shape index (κ2) is 7.24. The summed E-state index contributed by atoms with van der Waals surface area (Å²) in [7, 11) is 0. The van der Waals surface area contributed by atoms with Crippen molar-refractivity contribution >= 4 is 23.4 Å². The van der Waals surface area contributed by atoms with Gasteiger partial charge in [-0.15, -0.1) is 11.8 Å².